The van der Waals surface area contributed by atoms with E-state index in [9.17, 15) is 59.1 Å². The number of sulfonamides is 1. The van der Waals surface area contributed by atoms with Crippen molar-refractivity contribution in [2.75, 3.05) is 81.4 Å². The third-order valence-corrected chi connectivity index (χ3v) is 27.2. The number of nitrogens with one attached hydrogen (secondary N) is 5. The smallest absolute Gasteiger partial charge is 0.391 e. The van der Waals surface area contributed by atoms with E-state index in [0.717, 1.165) is 83.6 Å². The minimum atomic E-state index is -6.17. The number of carbonyl (C=O) groups is 5. The van der Waals surface area contributed by atoms with Gasteiger partial charge in [-0.05, 0) is 172 Å². The van der Waals surface area contributed by atoms with Gasteiger partial charge in [0.2, 0.25) is 23.6 Å². The Morgan fingerprint density at radius 2 is 1.50 bits per heavy atom. The van der Waals surface area contributed by atoms with Crippen LogP contribution in [0.2, 0.25) is 0 Å². The van der Waals surface area contributed by atoms with Gasteiger partial charge in [-0.25, -0.2) is 26.5 Å². The van der Waals surface area contributed by atoms with Crippen molar-refractivity contribution in [3.63, 3.8) is 0 Å². The molecule has 3 saturated heterocycles. The first-order chi connectivity index (χ1) is 49.6. The van der Waals surface area contributed by atoms with E-state index in [1.54, 1.807) is 40.1 Å². The molecule has 5 aromatic rings. The summed E-state index contributed by atoms with van der Waals surface area (Å²) in [6.45, 7) is 22.5. The second-order valence-corrected chi connectivity index (χ2v) is 37.8. The molecule has 570 valence electrons. The van der Waals surface area contributed by atoms with Crippen LogP contribution >= 0.6 is 23.1 Å². The van der Waals surface area contributed by atoms with Crippen molar-refractivity contribution in [2.24, 2.45) is 27.6 Å². The predicted octanol–water partition coefficient (Wildman–Crippen LogP) is 12.1. The lowest BCUT2D eigenvalue weighted by Gasteiger charge is -2.72. The zero-order valence-corrected chi connectivity index (χ0v) is 64.8. The summed E-state index contributed by atoms with van der Waals surface area (Å²) in [5, 5.41) is 22.8. The summed E-state index contributed by atoms with van der Waals surface area (Å²) >= 11 is 2.95. The van der Waals surface area contributed by atoms with E-state index in [1.165, 1.54) is 60.9 Å². The average molecular weight is 1530 g/mol. The minimum Gasteiger partial charge on any atom is -0.391 e. The molecule has 0 radical (unpaired) electrons. The van der Waals surface area contributed by atoms with E-state index in [4.69, 9.17) is 0 Å². The number of benzene rings is 4. The van der Waals surface area contributed by atoms with Crippen LogP contribution in [0.25, 0.3) is 10.4 Å². The number of likely N-dealkylation sites (tertiary alicyclic amines) is 2. The molecule has 4 aliphatic carbocycles. The number of piperazine rings is 1. The highest BCUT2D eigenvalue weighted by atomic mass is 32.2. The number of hydrogen-bond donors (Lipinski definition) is 6. The number of unbranched alkanes of at least 4 members (excludes halogenated alkanes) is 3. The lowest BCUT2D eigenvalue weighted by atomic mass is 9.33. The number of halogens is 3. The van der Waals surface area contributed by atoms with Crippen LogP contribution in [0.4, 0.5) is 24.5 Å². The summed E-state index contributed by atoms with van der Waals surface area (Å²) in [7, 11) is -11.1. The second-order valence-electron chi connectivity index (χ2n) is 32.3. The van der Waals surface area contributed by atoms with Gasteiger partial charge in [0.1, 0.15) is 17.0 Å². The van der Waals surface area contributed by atoms with Gasteiger partial charge in [-0.15, -0.1) is 23.1 Å². The van der Waals surface area contributed by atoms with Gasteiger partial charge < -0.3 is 41.1 Å². The number of thioether (sulfide) groups is 1. The highest BCUT2D eigenvalue weighted by Gasteiger charge is 2.67. The van der Waals surface area contributed by atoms with Crippen LogP contribution in [0, 0.1) is 34.5 Å². The molecule has 4 aromatic carbocycles. The molecule has 27 heteroatoms. The summed E-state index contributed by atoms with van der Waals surface area (Å²) < 4.78 is 100. The Morgan fingerprint density at radius 1 is 0.810 bits per heavy atom. The highest BCUT2D eigenvalue weighted by Crippen LogP contribution is 2.77. The van der Waals surface area contributed by atoms with Crippen LogP contribution in [-0.4, -0.2) is 172 Å². The molecular formula is C78H103F3N10O10S4. The molecule has 3 aliphatic heterocycles. The van der Waals surface area contributed by atoms with Gasteiger partial charge >= 0.3 is 5.51 Å². The number of aryl methyl sites for hydroxylation is 1. The molecule has 0 spiro atoms. The lowest BCUT2D eigenvalue weighted by Crippen LogP contribution is -2.61. The molecule has 6 N–H and O–H groups in total. The van der Waals surface area contributed by atoms with Gasteiger partial charge in [-0.3, -0.25) is 28.9 Å². The molecule has 5 amide bonds. The molecule has 3 saturated carbocycles. The molecule has 20 nitrogen and oxygen atoms in total. The number of aromatic nitrogens is 1. The number of amides is 5. The number of rotatable bonds is 30. The number of aliphatic hydroxyl groups is 1. The molecule has 2 bridgehead atoms. The van der Waals surface area contributed by atoms with Crippen LogP contribution in [0.1, 0.15) is 166 Å². The third-order valence-electron chi connectivity index (χ3n) is 22.2. The van der Waals surface area contributed by atoms with Crippen molar-refractivity contribution in [1.29, 1.82) is 0 Å². The van der Waals surface area contributed by atoms with Crippen molar-refractivity contribution in [3.8, 4) is 10.4 Å². The van der Waals surface area contributed by atoms with Gasteiger partial charge in [0, 0.05) is 99.7 Å². The van der Waals surface area contributed by atoms with E-state index in [0.29, 0.717) is 87.0 Å². The number of aliphatic hydroxyl groups excluding tert-OH is 1. The Balaban J connectivity index is 0.630. The Bertz CT molecular complexity index is 4200. The van der Waals surface area contributed by atoms with E-state index >= 15 is 0 Å². The molecular weight excluding hydrogens is 1420 g/mol. The van der Waals surface area contributed by atoms with Gasteiger partial charge in [-0.2, -0.15) is 13.2 Å². The lowest BCUT2D eigenvalue weighted by molar-refractivity contribution is -0.167. The van der Waals surface area contributed by atoms with Crippen LogP contribution < -0.4 is 30.9 Å². The number of nitrogens with zero attached hydrogens (tertiary/aromatic N) is 5. The number of sulfone groups is 1. The zero-order chi connectivity index (χ0) is 75.4. The first-order valence-electron chi connectivity index (χ1n) is 36.9. The quantitative estimate of drug-likeness (QED) is 0.0142. The Kier molecular flexibility index (Phi) is 24.5. The summed E-state index contributed by atoms with van der Waals surface area (Å²) in [5.41, 5.74) is 3.08. The fraction of sp³-hybridized carbons (Fsp3) is 0.564. The zero-order valence-electron chi connectivity index (χ0n) is 61.6. The Morgan fingerprint density at radius 3 is 2.16 bits per heavy atom. The van der Waals surface area contributed by atoms with E-state index < -0.39 is 88.2 Å². The number of β-amino-alcohol motifs (C(OH)–C–C–N with tert-alkyl or cyclic N) is 1. The van der Waals surface area contributed by atoms with Gasteiger partial charge in [0.05, 0.1) is 44.7 Å². The van der Waals surface area contributed by atoms with Crippen molar-refractivity contribution >= 4 is 83.9 Å². The van der Waals surface area contributed by atoms with E-state index in [1.807, 2.05) is 93.9 Å². The first-order valence-corrected chi connectivity index (χ1v) is 41.8. The van der Waals surface area contributed by atoms with Crippen LogP contribution in [0.15, 0.2) is 128 Å². The van der Waals surface area contributed by atoms with Gasteiger partial charge in [-0.1, -0.05) is 108 Å². The Hall–Kier alpha value is -6.88. The largest absolute Gasteiger partial charge is 0.501 e. The molecule has 7 aliphatic rings. The third kappa shape index (κ3) is 19.2. The maximum Gasteiger partial charge on any atom is 0.501 e. The number of thiazole rings is 1. The fourth-order valence-corrected chi connectivity index (χ4v) is 20.2. The summed E-state index contributed by atoms with van der Waals surface area (Å²) in [5.74, 6) is -2.42. The van der Waals surface area contributed by atoms with E-state index in [-0.39, 0.29) is 54.5 Å². The molecule has 6 fully saturated rings. The number of anilines is 2. The topological polar surface area (TPSA) is 260 Å². The normalized spacial score (nSPS) is 23.0. The van der Waals surface area contributed by atoms with Crippen molar-refractivity contribution in [1.82, 2.24) is 40.4 Å². The SMILES string of the molecule is Cc1ncsc1-c1ccc([C@H](C)NC(=O)[C@@H]2C[C@@H](O)CN2C(=O)[C@@H](NC(=O)CCCCCCNC(=O)[C@@H]2CCN(CC[C@H](CSc3ccccc3)Nc3ccc(S(=O)(=O)NC(=O)c4ccc(N5CCN(CC6=C(C78CC(C)(C7)C8)CC(C)(C)CC6)CC5)cc4)cc3S(=O)(=O)C(F)(F)F)C2)C(C)(C)C)cc1. The molecule has 105 heavy (non-hydrogen) atoms. The van der Waals surface area contributed by atoms with Gasteiger partial charge in [0.25, 0.3) is 25.8 Å². The molecule has 12 rings (SSSR count). The van der Waals surface area contributed by atoms with Crippen LogP contribution in [0.5, 0.6) is 0 Å². The molecule has 6 atom stereocenters. The van der Waals surface area contributed by atoms with Gasteiger partial charge in [0.15, 0.2) is 0 Å². The highest BCUT2D eigenvalue weighted by molar-refractivity contribution is 7.99. The maximum absolute atomic E-state index is 14.6. The number of alkyl halides is 3. The fourth-order valence-electron chi connectivity index (χ4n) is 16.4. The number of allylic oxidation sites excluding steroid dienone is 1. The summed E-state index contributed by atoms with van der Waals surface area (Å²) in [6, 6.07) is 23.0. The monoisotopic (exact) mass is 1520 g/mol. The number of carbonyl (C=O) groups excluding carboxylic acids is 5. The minimum absolute atomic E-state index is 0.0188. The predicted molar refractivity (Wildman–Crippen MR) is 405 cm³/mol. The molecule has 4 heterocycles. The summed E-state index contributed by atoms with van der Waals surface area (Å²) in [6.07, 6.45) is 10.2. The number of hydrogen-bond acceptors (Lipinski definition) is 17. The van der Waals surface area contributed by atoms with Crippen molar-refractivity contribution < 1.29 is 59.1 Å². The maximum atomic E-state index is 14.6. The van der Waals surface area contributed by atoms with Crippen molar-refractivity contribution in [3.05, 3.63) is 131 Å². The average Bonchev–Trinajstić information content (AvgIpc) is 1.02. The first kappa shape index (κ1) is 79.2. The van der Waals surface area contributed by atoms with Crippen LogP contribution in [-0.2, 0) is 39.0 Å². The van der Waals surface area contributed by atoms with Crippen LogP contribution in [0.3, 0.4) is 0 Å². The van der Waals surface area contributed by atoms with E-state index in [2.05, 4.69) is 61.7 Å². The molecule has 1 aromatic heterocycles. The van der Waals surface area contributed by atoms with Crippen molar-refractivity contribution in [2.45, 2.75) is 196 Å². The summed E-state index contributed by atoms with van der Waals surface area (Å²) in [4.78, 5) is 80.9. The Labute approximate surface area is 625 Å². The standard InChI is InChI=1S/C78H103F3N10O10S4/c1-51(53-19-21-54(22-20-53)68-52(2)83-50-103-68)84-72(96)65-40-60(92)45-91(65)73(97)69(74(3,4)5)86-67(93)18-14-9-10-15-33-82-70(94)57-30-34-88(44-57)35-31-58(46-102-61-16-12-11-13-17-61)85-64-28-27-62(41-66(64)104(98,99)78(79,80)81)105(100,101)87-71(95)55-23-25-59(26-24-55)90-38-36-89(37-39-90)43-56-29-32-75(6,7)42-63(56)77-47-76(8,48-77)49-77/h11-13,16-17,19-28,41,50-51,57-58,60,65,69,85,92H,9-10,14-15,18,29-40,42-49H2,1-8H3,(H,82,94)(H,84,96)(H,86,93)(H,87,95)/t51-,57+,58+,60+,65-,69+,76?,77?/m0/s1. The molecule has 0 unspecified atom stereocenters. The second kappa shape index (κ2) is 32.5.